The number of nitrogens with one attached hydrogen (secondary N) is 5. The number of hydrogen-bond donors (Lipinski definition) is 5. The van der Waals surface area contributed by atoms with Crippen LogP contribution < -0.4 is 26.6 Å². The smallest absolute Gasteiger partial charge is 0.225 e. The van der Waals surface area contributed by atoms with Gasteiger partial charge in [0, 0.05) is 26.6 Å². The van der Waals surface area contributed by atoms with Crippen LogP contribution in [0.5, 0.6) is 0 Å². The molecule has 0 amide bonds. The van der Waals surface area contributed by atoms with Crippen LogP contribution in [-0.4, -0.2) is 48.3 Å². The zero-order valence-corrected chi connectivity index (χ0v) is 16.1. The molecule has 0 aliphatic carbocycles. The summed E-state index contributed by atoms with van der Waals surface area (Å²) in [5, 5.41) is 17.1. The highest BCUT2D eigenvalue weighted by atomic mass is 15.4. The fraction of sp³-hybridized carbons (Fsp3) is 0.706. The van der Waals surface area contributed by atoms with Crippen LogP contribution >= 0.6 is 0 Å². The Morgan fingerprint density at radius 1 is 1.08 bits per heavy atom. The maximum absolute atomic E-state index is 4.75. The van der Waals surface area contributed by atoms with Gasteiger partial charge in [-0.25, -0.2) is 4.98 Å². The van der Waals surface area contributed by atoms with Crippen molar-refractivity contribution in [2.45, 2.75) is 52.7 Å². The van der Waals surface area contributed by atoms with Crippen LogP contribution in [0, 0.1) is 0 Å². The Balaban J connectivity index is 2.56. The van der Waals surface area contributed by atoms with Crippen molar-refractivity contribution in [3.63, 3.8) is 0 Å². The van der Waals surface area contributed by atoms with Crippen LogP contribution in [-0.2, 0) is 0 Å². The van der Waals surface area contributed by atoms with Gasteiger partial charge < -0.3 is 21.3 Å². The summed E-state index contributed by atoms with van der Waals surface area (Å²) in [6.07, 6.45) is 2.85. The van der Waals surface area contributed by atoms with Gasteiger partial charge in [-0.1, -0.05) is 27.7 Å². The molecule has 1 aliphatic heterocycles. The van der Waals surface area contributed by atoms with Crippen molar-refractivity contribution in [3.05, 3.63) is 5.69 Å². The summed E-state index contributed by atoms with van der Waals surface area (Å²) in [5.41, 5.74) is 1.69. The first-order valence-corrected chi connectivity index (χ1v) is 9.32. The van der Waals surface area contributed by atoms with E-state index >= 15 is 0 Å². The molecule has 0 aromatic carbocycles. The first kappa shape index (κ1) is 19.2. The summed E-state index contributed by atoms with van der Waals surface area (Å²) in [7, 11) is 1.83. The Kier molecular flexibility index (Phi) is 6.81. The largest absolute Gasteiger partial charge is 0.368 e. The van der Waals surface area contributed by atoms with Crippen molar-refractivity contribution < 1.29 is 0 Å². The van der Waals surface area contributed by atoms with Crippen LogP contribution in [0.4, 0.5) is 17.5 Å². The fourth-order valence-corrected chi connectivity index (χ4v) is 2.77. The molecule has 0 saturated carbocycles. The number of anilines is 3. The summed E-state index contributed by atoms with van der Waals surface area (Å²) in [5.74, 6) is 1.73. The first-order valence-electron chi connectivity index (χ1n) is 9.32. The lowest BCUT2D eigenvalue weighted by Gasteiger charge is -2.42. The number of rotatable bonds is 9. The van der Waals surface area contributed by atoms with E-state index in [4.69, 9.17) is 4.99 Å². The average Bonchev–Trinajstić information content (AvgIpc) is 2.64. The second-order valence-corrected chi connectivity index (χ2v) is 6.07. The van der Waals surface area contributed by atoms with Crippen LogP contribution in [0.2, 0.25) is 0 Å². The first-order chi connectivity index (χ1) is 12.1. The van der Waals surface area contributed by atoms with Gasteiger partial charge in [0.05, 0.1) is 0 Å². The van der Waals surface area contributed by atoms with Gasteiger partial charge in [-0.05, 0) is 19.4 Å². The SMILES string of the molecule is CCCN=C1NC(CC)(NCC)Nc2c(NCCC)nc(NC)nc21. The number of aliphatic imine (C=N–C) groups is 1. The standard InChI is InChI=1S/C17H32N8/c1-6-10-19-14-13-12(22-16(18-5)23-14)15(20-11-7-2)25-17(8-3,24-13)21-9-4/h21,24H,6-11H2,1-5H3,(H,20,25)(H2,18,19,22,23). The quantitative estimate of drug-likeness (QED) is 0.466. The van der Waals surface area contributed by atoms with E-state index in [0.717, 1.165) is 61.9 Å². The predicted octanol–water partition coefficient (Wildman–Crippen LogP) is 2.19. The lowest BCUT2D eigenvalue weighted by atomic mass is 10.1. The minimum atomic E-state index is -0.457. The molecule has 0 bridgehead atoms. The van der Waals surface area contributed by atoms with E-state index in [1.54, 1.807) is 0 Å². The molecule has 1 aromatic heterocycles. The van der Waals surface area contributed by atoms with Gasteiger partial charge in [-0.15, -0.1) is 0 Å². The molecule has 1 aliphatic rings. The molecular weight excluding hydrogens is 316 g/mol. The summed E-state index contributed by atoms with van der Waals surface area (Å²) in [6, 6.07) is 0. The number of fused-ring (bicyclic) bond motifs is 1. The van der Waals surface area contributed by atoms with Gasteiger partial charge in [-0.2, -0.15) is 4.98 Å². The molecule has 0 radical (unpaired) electrons. The molecule has 1 unspecified atom stereocenters. The van der Waals surface area contributed by atoms with Gasteiger partial charge >= 0.3 is 0 Å². The maximum atomic E-state index is 4.75. The van der Waals surface area contributed by atoms with E-state index in [1.807, 2.05) is 7.05 Å². The van der Waals surface area contributed by atoms with Crippen LogP contribution in [0.3, 0.4) is 0 Å². The number of nitrogens with zero attached hydrogens (tertiary/aromatic N) is 3. The van der Waals surface area contributed by atoms with Crippen LogP contribution in [0.1, 0.15) is 52.7 Å². The predicted molar refractivity (Wildman–Crippen MR) is 106 cm³/mol. The Labute approximate surface area is 150 Å². The van der Waals surface area contributed by atoms with E-state index in [1.165, 1.54) is 0 Å². The van der Waals surface area contributed by atoms with Gasteiger partial charge in [0.1, 0.15) is 11.4 Å². The summed E-state index contributed by atoms with van der Waals surface area (Å²) in [6.45, 7) is 10.9. The molecule has 1 atom stereocenters. The van der Waals surface area contributed by atoms with Crippen LogP contribution in [0.15, 0.2) is 4.99 Å². The molecule has 0 fully saturated rings. The average molecular weight is 348 g/mol. The van der Waals surface area contributed by atoms with Gasteiger partial charge in [0.2, 0.25) is 5.95 Å². The lowest BCUT2D eigenvalue weighted by Crippen LogP contribution is -2.66. The van der Waals surface area contributed by atoms with Crippen LogP contribution in [0.25, 0.3) is 0 Å². The van der Waals surface area contributed by atoms with Crippen molar-refractivity contribution in [2.75, 3.05) is 42.6 Å². The minimum Gasteiger partial charge on any atom is -0.368 e. The highest BCUT2D eigenvalue weighted by Gasteiger charge is 2.37. The van der Waals surface area contributed by atoms with E-state index in [-0.39, 0.29) is 0 Å². The Hall–Kier alpha value is -2.09. The summed E-state index contributed by atoms with van der Waals surface area (Å²) < 4.78 is 0. The molecule has 0 saturated heterocycles. The lowest BCUT2D eigenvalue weighted by molar-refractivity contribution is 0.332. The minimum absolute atomic E-state index is 0.457. The number of amidine groups is 1. The molecule has 0 spiro atoms. The molecule has 8 heteroatoms. The Morgan fingerprint density at radius 3 is 2.48 bits per heavy atom. The molecule has 140 valence electrons. The fourth-order valence-electron chi connectivity index (χ4n) is 2.77. The molecule has 25 heavy (non-hydrogen) atoms. The third kappa shape index (κ3) is 4.31. The zero-order valence-electron chi connectivity index (χ0n) is 16.1. The molecule has 2 heterocycles. The highest BCUT2D eigenvalue weighted by Crippen LogP contribution is 2.31. The summed E-state index contributed by atoms with van der Waals surface area (Å²) >= 11 is 0. The van der Waals surface area contributed by atoms with Crippen molar-refractivity contribution in [2.24, 2.45) is 4.99 Å². The molecular formula is C17H32N8. The normalized spacial score (nSPS) is 20.6. The van der Waals surface area contributed by atoms with Crippen molar-refractivity contribution in [3.8, 4) is 0 Å². The number of hydrogen-bond acceptors (Lipinski definition) is 7. The molecule has 5 N–H and O–H groups in total. The summed E-state index contributed by atoms with van der Waals surface area (Å²) in [4.78, 5) is 14.0. The second-order valence-electron chi connectivity index (χ2n) is 6.07. The van der Waals surface area contributed by atoms with Gasteiger partial charge in [0.25, 0.3) is 0 Å². The monoisotopic (exact) mass is 348 g/mol. The Morgan fingerprint density at radius 2 is 1.88 bits per heavy atom. The van der Waals surface area contributed by atoms with E-state index in [0.29, 0.717) is 5.95 Å². The zero-order chi connectivity index (χ0) is 18.3. The highest BCUT2D eigenvalue weighted by molar-refractivity contribution is 6.06. The van der Waals surface area contributed by atoms with E-state index < -0.39 is 5.79 Å². The van der Waals surface area contributed by atoms with Gasteiger partial charge in [-0.3, -0.25) is 10.3 Å². The Bertz CT molecular complexity index is 601. The molecule has 8 nitrogen and oxygen atoms in total. The second kappa shape index (κ2) is 8.84. The molecule has 1 aromatic rings. The van der Waals surface area contributed by atoms with E-state index in [2.05, 4.69) is 64.2 Å². The van der Waals surface area contributed by atoms with Crippen molar-refractivity contribution in [1.29, 1.82) is 0 Å². The maximum Gasteiger partial charge on any atom is 0.225 e. The third-order valence-electron chi connectivity index (χ3n) is 4.07. The molecule has 2 rings (SSSR count). The van der Waals surface area contributed by atoms with E-state index in [9.17, 15) is 0 Å². The van der Waals surface area contributed by atoms with Gasteiger partial charge in [0.15, 0.2) is 17.4 Å². The number of aromatic nitrogens is 2. The third-order valence-corrected chi connectivity index (χ3v) is 4.07. The van der Waals surface area contributed by atoms with Crippen molar-refractivity contribution >= 4 is 23.3 Å². The van der Waals surface area contributed by atoms with Crippen molar-refractivity contribution in [1.82, 2.24) is 20.6 Å². The topological polar surface area (TPSA) is 98.3 Å².